The van der Waals surface area contributed by atoms with E-state index >= 15 is 0 Å². The van der Waals surface area contributed by atoms with Crippen molar-refractivity contribution < 1.29 is 8.42 Å². The van der Waals surface area contributed by atoms with Crippen LogP contribution in [0.25, 0.3) is 0 Å². The lowest BCUT2D eigenvalue weighted by Gasteiger charge is -2.25. The van der Waals surface area contributed by atoms with Gasteiger partial charge in [-0.3, -0.25) is 4.99 Å². The molecule has 1 heterocycles. The summed E-state index contributed by atoms with van der Waals surface area (Å²) in [5.74, 6) is 0.728. The Morgan fingerprint density at radius 3 is 2.23 bits per heavy atom. The minimum atomic E-state index is -3.38. The molecule has 0 amide bonds. The molecule has 30 heavy (non-hydrogen) atoms. The zero-order valence-electron chi connectivity index (χ0n) is 17.4. The molecule has 6 nitrogen and oxygen atoms in total. The van der Waals surface area contributed by atoms with Crippen molar-refractivity contribution in [2.45, 2.75) is 37.1 Å². The lowest BCUT2D eigenvalue weighted by atomic mass is 10.1. The van der Waals surface area contributed by atoms with Crippen LogP contribution in [0.15, 0.2) is 64.5 Å². The second kappa shape index (κ2) is 12.3. The van der Waals surface area contributed by atoms with E-state index in [0.29, 0.717) is 24.5 Å². The smallest absolute Gasteiger partial charge is 0.243 e. The maximum Gasteiger partial charge on any atom is 0.243 e. The molecule has 0 atom stereocenters. The monoisotopic (exact) mass is 542 g/mol. The second-order valence-corrected chi connectivity index (χ2v) is 9.13. The van der Waals surface area contributed by atoms with E-state index in [4.69, 9.17) is 0 Å². The van der Waals surface area contributed by atoms with Crippen LogP contribution < -0.4 is 10.6 Å². The predicted molar refractivity (Wildman–Crippen MR) is 133 cm³/mol. The summed E-state index contributed by atoms with van der Waals surface area (Å²) in [7, 11) is -1.63. The van der Waals surface area contributed by atoms with E-state index in [2.05, 4.69) is 27.8 Å². The summed E-state index contributed by atoms with van der Waals surface area (Å²) in [6, 6.07) is 17.4. The van der Waals surface area contributed by atoms with E-state index in [1.165, 1.54) is 5.56 Å². The van der Waals surface area contributed by atoms with Crippen molar-refractivity contribution >= 4 is 40.0 Å². The molecule has 2 N–H and O–H groups in total. The Bertz CT molecular complexity index is 896. The highest BCUT2D eigenvalue weighted by Gasteiger charge is 2.25. The minimum Gasteiger partial charge on any atom is -0.356 e. The minimum absolute atomic E-state index is 0. The summed E-state index contributed by atoms with van der Waals surface area (Å²) in [6.45, 7) is 2.61. The van der Waals surface area contributed by atoms with Crippen LogP contribution >= 0.6 is 24.0 Å². The number of benzene rings is 2. The van der Waals surface area contributed by atoms with Gasteiger partial charge in [-0.15, -0.1) is 24.0 Å². The highest BCUT2D eigenvalue weighted by Crippen LogP contribution is 2.20. The van der Waals surface area contributed by atoms with Crippen LogP contribution in [0.2, 0.25) is 0 Å². The molecule has 164 valence electrons. The number of halogens is 1. The van der Waals surface area contributed by atoms with Crippen LogP contribution in [-0.2, 0) is 23.0 Å². The quantitative estimate of drug-likeness (QED) is 0.320. The first-order chi connectivity index (χ1) is 14.1. The summed E-state index contributed by atoms with van der Waals surface area (Å²) in [5, 5.41) is 6.58. The first kappa shape index (κ1) is 24.6. The van der Waals surface area contributed by atoms with E-state index in [9.17, 15) is 8.42 Å². The average molecular weight is 542 g/mol. The molecule has 0 bridgehead atoms. The van der Waals surface area contributed by atoms with Gasteiger partial charge in [-0.25, -0.2) is 8.42 Å². The van der Waals surface area contributed by atoms with Gasteiger partial charge in [0, 0.05) is 33.2 Å². The van der Waals surface area contributed by atoms with Gasteiger partial charge in [0.25, 0.3) is 0 Å². The van der Waals surface area contributed by atoms with Crippen molar-refractivity contribution in [3.63, 3.8) is 0 Å². The zero-order chi connectivity index (χ0) is 20.5. The van der Waals surface area contributed by atoms with Gasteiger partial charge in [0.1, 0.15) is 0 Å². The average Bonchev–Trinajstić information content (AvgIpc) is 2.77. The van der Waals surface area contributed by atoms with Gasteiger partial charge in [0.05, 0.1) is 4.90 Å². The third kappa shape index (κ3) is 6.95. The van der Waals surface area contributed by atoms with Crippen molar-refractivity contribution in [1.29, 1.82) is 0 Å². The van der Waals surface area contributed by atoms with Crippen LogP contribution in [0.4, 0.5) is 0 Å². The first-order valence-electron chi connectivity index (χ1n) is 10.2. The number of nitrogens with one attached hydrogen (secondary N) is 2. The summed E-state index contributed by atoms with van der Waals surface area (Å²) in [4.78, 5) is 4.61. The molecule has 2 aromatic carbocycles. The molecule has 2 aromatic rings. The molecule has 0 spiro atoms. The normalized spacial score (nSPS) is 15.3. The largest absolute Gasteiger partial charge is 0.356 e. The van der Waals surface area contributed by atoms with Gasteiger partial charge in [-0.1, -0.05) is 48.9 Å². The van der Waals surface area contributed by atoms with Gasteiger partial charge < -0.3 is 10.6 Å². The van der Waals surface area contributed by atoms with Crippen LogP contribution in [0.3, 0.4) is 0 Å². The molecule has 0 unspecified atom stereocenters. The van der Waals surface area contributed by atoms with Gasteiger partial charge in [-0.2, -0.15) is 4.31 Å². The standard InChI is InChI=1S/C22H30N4O2S.HI/c1-23-22(24-15-14-19-8-4-2-5-9-19)25-18-20-10-12-21(13-11-20)29(27,28)26-16-6-3-7-17-26;/h2,4-5,8-13H,3,6-7,14-18H2,1H3,(H2,23,24,25);1H. The molecule has 0 aliphatic carbocycles. The topological polar surface area (TPSA) is 73.8 Å². The predicted octanol–water partition coefficient (Wildman–Crippen LogP) is 3.39. The van der Waals surface area contributed by atoms with Crippen LogP contribution in [-0.4, -0.2) is 45.4 Å². The number of aliphatic imine (C=N–C) groups is 1. The van der Waals surface area contributed by atoms with E-state index in [1.54, 1.807) is 23.5 Å². The summed E-state index contributed by atoms with van der Waals surface area (Å²) in [6.07, 6.45) is 3.91. The summed E-state index contributed by atoms with van der Waals surface area (Å²) < 4.78 is 27.1. The van der Waals surface area contributed by atoms with E-state index in [1.807, 2.05) is 30.3 Å². The van der Waals surface area contributed by atoms with Gasteiger partial charge in [0.15, 0.2) is 5.96 Å². The van der Waals surface area contributed by atoms with Gasteiger partial charge in [-0.05, 0) is 42.5 Å². The van der Waals surface area contributed by atoms with Crippen molar-refractivity contribution in [2.75, 3.05) is 26.7 Å². The van der Waals surface area contributed by atoms with E-state index in [0.717, 1.165) is 43.8 Å². The van der Waals surface area contributed by atoms with E-state index < -0.39 is 10.0 Å². The van der Waals surface area contributed by atoms with Crippen LogP contribution in [0, 0.1) is 0 Å². The number of sulfonamides is 1. The Morgan fingerprint density at radius 2 is 1.60 bits per heavy atom. The van der Waals surface area contributed by atoms with Crippen molar-refractivity contribution in [3.8, 4) is 0 Å². The fraction of sp³-hybridized carbons (Fsp3) is 0.409. The molecular weight excluding hydrogens is 511 g/mol. The third-order valence-corrected chi connectivity index (χ3v) is 7.02. The van der Waals surface area contributed by atoms with Gasteiger partial charge in [0.2, 0.25) is 10.0 Å². The molecule has 1 fully saturated rings. The van der Waals surface area contributed by atoms with E-state index in [-0.39, 0.29) is 24.0 Å². The fourth-order valence-corrected chi connectivity index (χ4v) is 4.93. The lowest BCUT2D eigenvalue weighted by Crippen LogP contribution is -2.37. The Morgan fingerprint density at radius 1 is 0.933 bits per heavy atom. The number of hydrogen-bond acceptors (Lipinski definition) is 3. The van der Waals surface area contributed by atoms with Crippen LogP contribution in [0.5, 0.6) is 0 Å². The van der Waals surface area contributed by atoms with Crippen LogP contribution in [0.1, 0.15) is 30.4 Å². The molecule has 1 aliphatic heterocycles. The number of piperidine rings is 1. The number of rotatable bonds is 7. The fourth-order valence-electron chi connectivity index (χ4n) is 3.41. The molecule has 0 aromatic heterocycles. The van der Waals surface area contributed by atoms with Crippen molar-refractivity contribution in [3.05, 3.63) is 65.7 Å². The summed E-state index contributed by atoms with van der Waals surface area (Å²) >= 11 is 0. The molecule has 1 aliphatic rings. The second-order valence-electron chi connectivity index (χ2n) is 7.20. The number of guanidine groups is 1. The maximum atomic E-state index is 12.7. The Labute approximate surface area is 197 Å². The Kier molecular flexibility index (Phi) is 10.1. The summed E-state index contributed by atoms with van der Waals surface area (Å²) in [5.41, 5.74) is 2.29. The highest BCUT2D eigenvalue weighted by atomic mass is 127. The zero-order valence-corrected chi connectivity index (χ0v) is 20.5. The highest BCUT2D eigenvalue weighted by molar-refractivity contribution is 14.0. The molecule has 0 radical (unpaired) electrons. The molecule has 8 heteroatoms. The SMILES string of the molecule is CN=C(NCCc1ccccc1)NCc1ccc(S(=O)(=O)N2CCCCC2)cc1.I. The van der Waals surface area contributed by atoms with Gasteiger partial charge >= 0.3 is 0 Å². The lowest BCUT2D eigenvalue weighted by molar-refractivity contribution is 0.346. The molecule has 1 saturated heterocycles. The van der Waals surface area contributed by atoms with Crippen molar-refractivity contribution in [1.82, 2.24) is 14.9 Å². The molecule has 0 saturated carbocycles. The Balaban J connectivity index is 0.00000320. The third-order valence-electron chi connectivity index (χ3n) is 5.11. The van der Waals surface area contributed by atoms with Crippen molar-refractivity contribution in [2.24, 2.45) is 4.99 Å². The maximum absolute atomic E-state index is 12.7. The molecular formula is C22H31IN4O2S. The first-order valence-corrected chi connectivity index (χ1v) is 11.6. The Hall–Kier alpha value is -1.65. The molecule has 3 rings (SSSR count). The number of hydrogen-bond donors (Lipinski definition) is 2. The number of nitrogens with zero attached hydrogens (tertiary/aromatic N) is 2.